The predicted octanol–water partition coefficient (Wildman–Crippen LogP) is 0.333. The van der Waals surface area contributed by atoms with Crippen LogP contribution in [-0.2, 0) is 0 Å². The van der Waals surface area contributed by atoms with Crippen LogP contribution in [0.2, 0.25) is 0 Å². The van der Waals surface area contributed by atoms with Crippen LogP contribution in [-0.4, -0.2) is 19.1 Å². The molecule has 1 heterocycles. The third kappa shape index (κ3) is 1.18. The number of hydrogen-bond acceptors (Lipinski definition) is 2. The minimum Gasteiger partial charge on any atom is -0.327 e. The molecule has 0 spiro atoms. The fourth-order valence-corrected chi connectivity index (χ4v) is 2.05. The van der Waals surface area contributed by atoms with Crippen molar-refractivity contribution < 1.29 is 0 Å². The van der Waals surface area contributed by atoms with Crippen LogP contribution in [0.1, 0.15) is 19.3 Å². The van der Waals surface area contributed by atoms with Gasteiger partial charge in [0, 0.05) is 6.04 Å². The van der Waals surface area contributed by atoms with Gasteiger partial charge in [-0.15, -0.1) is 0 Å². The Morgan fingerprint density at radius 1 is 1.20 bits per heavy atom. The molecule has 3 N–H and O–H groups in total. The lowest BCUT2D eigenvalue weighted by atomic mass is 9.93. The van der Waals surface area contributed by atoms with Crippen LogP contribution in [0.5, 0.6) is 0 Å². The maximum absolute atomic E-state index is 5.78. The summed E-state index contributed by atoms with van der Waals surface area (Å²) in [5, 5.41) is 3.37. The molecular formula is C8H16N2. The fraction of sp³-hybridized carbons (Fsp3) is 1.00. The lowest BCUT2D eigenvalue weighted by Crippen LogP contribution is -2.29. The van der Waals surface area contributed by atoms with Crippen molar-refractivity contribution in [3.8, 4) is 0 Å². The molecule has 1 aliphatic heterocycles. The summed E-state index contributed by atoms with van der Waals surface area (Å²) in [4.78, 5) is 0. The van der Waals surface area contributed by atoms with Crippen molar-refractivity contribution in [1.29, 1.82) is 0 Å². The van der Waals surface area contributed by atoms with Crippen LogP contribution >= 0.6 is 0 Å². The molecule has 10 heavy (non-hydrogen) atoms. The average Bonchev–Trinajstić information content (AvgIpc) is 2.69. The van der Waals surface area contributed by atoms with Crippen LogP contribution in [0.15, 0.2) is 0 Å². The number of rotatable bonds is 1. The Hall–Kier alpha value is -0.0800. The summed E-state index contributed by atoms with van der Waals surface area (Å²) < 4.78 is 0. The summed E-state index contributed by atoms with van der Waals surface area (Å²) in [5.41, 5.74) is 5.78. The highest BCUT2D eigenvalue weighted by Gasteiger charge is 2.39. The van der Waals surface area contributed by atoms with Gasteiger partial charge in [0.1, 0.15) is 0 Å². The molecule has 1 saturated heterocycles. The predicted molar refractivity (Wildman–Crippen MR) is 41.7 cm³/mol. The van der Waals surface area contributed by atoms with Crippen molar-refractivity contribution in [3.05, 3.63) is 0 Å². The van der Waals surface area contributed by atoms with Gasteiger partial charge in [-0.1, -0.05) is 0 Å². The first-order valence-corrected chi connectivity index (χ1v) is 4.34. The van der Waals surface area contributed by atoms with Crippen LogP contribution in [0.3, 0.4) is 0 Å². The van der Waals surface area contributed by atoms with Crippen molar-refractivity contribution in [2.75, 3.05) is 13.1 Å². The van der Waals surface area contributed by atoms with Crippen LogP contribution < -0.4 is 11.1 Å². The van der Waals surface area contributed by atoms with Gasteiger partial charge >= 0.3 is 0 Å². The van der Waals surface area contributed by atoms with E-state index in [1.54, 1.807) is 0 Å². The molecular weight excluding hydrogens is 124 g/mol. The van der Waals surface area contributed by atoms with Crippen molar-refractivity contribution in [2.24, 2.45) is 17.6 Å². The second-order valence-corrected chi connectivity index (χ2v) is 3.65. The molecule has 0 bridgehead atoms. The molecule has 2 nitrogen and oxygen atoms in total. The zero-order chi connectivity index (χ0) is 6.97. The molecule has 2 heteroatoms. The van der Waals surface area contributed by atoms with Gasteiger partial charge in [0.15, 0.2) is 0 Å². The Kier molecular flexibility index (Phi) is 1.66. The Balaban J connectivity index is 1.81. The van der Waals surface area contributed by atoms with E-state index in [2.05, 4.69) is 5.32 Å². The SMILES string of the molecule is N[C@@H]1C[C@H]1C1CCNCC1. The zero-order valence-corrected chi connectivity index (χ0v) is 6.34. The topological polar surface area (TPSA) is 38.0 Å². The monoisotopic (exact) mass is 140 g/mol. The Morgan fingerprint density at radius 2 is 1.80 bits per heavy atom. The van der Waals surface area contributed by atoms with Gasteiger partial charge in [0.25, 0.3) is 0 Å². The molecule has 2 fully saturated rings. The van der Waals surface area contributed by atoms with E-state index in [0.717, 1.165) is 11.8 Å². The van der Waals surface area contributed by atoms with Gasteiger partial charge < -0.3 is 11.1 Å². The minimum atomic E-state index is 0.558. The molecule has 0 radical (unpaired) electrons. The van der Waals surface area contributed by atoms with Crippen molar-refractivity contribution in [1.82, 2.24) is 5.32 Å². The summed E-state index contributed by atoms with van der Waals surface area (Å²) >= 11 is 0. The Labute approximate surface area is 62.2 Å². The normalized spacial score (nSPS) is 41.7. The number of hydrogen-bond donors (Lipinski definition) is 2. The van der Waals surface area contributed by atoms with E-state index in [9.17, 15) is 0 Å². The highest BCUT2D eigenvalue weighted by atomic mass is 14.9. The van der Waals surface area contributed by atoms with Crippen LogP contribution in [0.4, 0.5) is 0 Å². The molecule has 0 aromatic heterocycles. The van der Waals surface area contributed by atoms with Gasteiger partial charge in [-0.25, -0.2) is 0 Å². The van der Waals surface area contributed by atoms with E-state index >= 15 is 0 Å². The third-order valence-corrected chi connectivity index (χ3v) is 2.88. The quantitative estimate of drug-likeness (QED) is 0.551. The second-order valence-electron chi connectivity index (χ2n) is 3.65. The van der Waals surface area contributed by atoms with Gasteiger partial charge in [-0.05, 0) is 44.2 Å². The Morgan fingerprint density at radius 3 is 2.30 bits per heavy atom. The van der Waals surface area contributed by atoms with Crippen LogP contribution in [0, 0.1) is 11.8 Å². The molecule has 2 aliphatic rings. The summed E-state index contributed by atoms with van der Waals surface area (Å²) in [7, 11) is 0. The first kappa shape index (κ1) is 6.62. The fourth-order valence-electron chi connectivity index (χ4n) is 2.05. The first-order chi connectivity index (χ1) is 4.88. The standard InChI is InChI=1S/C8H16N2/c9-8-5-7(8)6-1-3-10-4-2-6/h6-8,10H,1-5,9H2/t7-,8+/m0/s1. The minimum absolute atomic E-state index is 0.558. The summed E-state index contributed by atoms with van der Waals surface area (Å²) in [6, 6.07) is 0.558. The van der Waals surface area contributed by atoms with Gasteiger partial charge in [0.2, 0.25) is 0 Å². The molecule has 0 aromatic rings. The summed E-state index contributed by atoms with van der Waals surface area (Å²) in [6.45, 7) is 2.43. The summed E-state index contributed by atoms with van der Waals surface area (Å²) in [6.07, 6.45) is 4.02. The number of nitrogens with two attached hydrogens (primary N) is 1. The van der Waals surface area contributed by atoms with E-state index in [0.29, 0.717) is 6.04 Å². The van der Waals surface area contributed by atoms with Crippen LogP contribution in [0.25, 0.3) is 0 Å². The molecule has 0 unspecified atom stereocenters. The van der Waals surface area contributed by atoms with E-state index in [1.165, 1.54) is 32.4 Å². The molecule has 1 saturated carbocycles. The lowest BCUT2D eigenvalue weighted by molar-refractivity contribution is 0.333. The summed E-state index contributed by atoms with van der Waals surface area (Å²) in [5.74, 6) is 1.85. The van der Waals surface area contributed by atoms with E-state index < -0.39 is 0 Å². The van der Waals surface area contributed by atoms with E-state index in [1.807, 2.05) is 0 Å². The van der Waals surface area contributed by atoms with Gasteiger partial charge in [0.05, 0.1) is 0 Å². The maximum Gasteiger partial charge on any atom is 0.00737 e. The first-order valence-electron chi connectivity index (χ1n) is 4.34. The lowest BCUT2D eigenvalue weighted by Gasteiger charge is -2.22. The Bertz CT molecular complexity index is 118. The smallest absolute Gasteiger partial charge is 0.00737 e. The molecule has 2 atom stereocenters. The second kappa shape index (κ2) is 2.51. The zero-order valence-electron chi connectivity index (χ0n) is 6.34. The highest BCUT2D eigenvalue weighted by Crippen LogP contribution is 2.39. The van der Waals surface area contributed by atoms with E-state index in [-0.39, 0.29) is 0 Å². The third-order valence-electron chi connectivity index (χ3n) is 2.88. The largest absolute Gasteiger partial charge is 0.327 e. The van der Waals surface area contributed by atoms with Crippen molar-refractivity contribution in [3.63, 3.8) is 0 Å². The molecule has 1 aliphatic carbocycles. The van der Waals surface area contributed by atoms with Gasteiger partial charge in [-0.2, -0.15) is 0 Å². The highest BCUT2D eigenvalue weighted by molar-refractivity contribution is 4.95. The molecule has 0 amide bonds. The number of piperidine rings is 1. The molecule has 0 aromatic carbocycles. The molecule has 58 valence electrons. The average molecular weight is 140 g/mol. The number of nitrogens with one attached hydrogen (secondary N) is 1. The maximum atomic E-state index is 5.78. The van der Waals surface area contributed by atoms with Gasteiger partial charge in [-0.3, -0.25) is 0 Å². The van der Waals surface area contributed by atoms with Crippen molar-refractivity contribution >= 4 is 0 Å². The van der Waals surface area contributed by atoms with E-state index in [4.69, 9.17) is 5.73 Å². The molecule has 2 rings (SSSR count). The van der Waals surface area contributed by atoms with Crippen molar-refractivity contribution in [2.45, 2.75) is 25.3 Å².